The van der Waals surface area contributed by atoms with E-state index in [1.54, 1.807) is 24.3 Å². The highest BCUT2D eigenvalue weighted by Gasteiger charge is 2.19. The minimum atomic E-state index is -0.989. The summed E-state index contributed by atoms with van der Waals surface area (Å²) in [5, 5.41) is 22.6. The Morgan fingerprint density at radius 3 is 2.55 bits per heavy atom. The molecule has 0 atom stereocenters. The van der Waals surface area contributed by atoms with Crippen LogP contribution in [-0.2, 0) is 14.3 Å². The van der Waals surface area contributed by atoms with E-state index >= 15 is 0 Å². The Balaban J connectivity index is 1.64. The van der Waals surface area contributed by atoms with Crippen LogP contribution in [0.4, 0.5) is 11.4 Å². The maximum Gasteiger partial charge on any atom is 0.349 e. The van der Waals surface area contributed by atoms with Crippen LogP contribution in [0.25, 0.3) is 6.08 Å². The van der Waals surface area contributed by atoms with Gasteiger partial charge in [0.2, 0.25) is 6.79 Å². The molecule has 1 aliphatic heterocycles. The monoisotopic (exact) mass is 551 g/mol. The number of rotatable bonds is 6. The number of nitro benzene ring substituents is 1. The summed E-state index contributed by atoms with van der Waals surface area (Å²) in [6, 6.07) is 9.04. The number of nitriles is 1. The summed E-state index contributed by atoms with van der Waals surface area (Å²) in [5.74, 6) is -0.655. The number of hydrogen-bond donors (Lipinski definition) is 1. The lowest BCUT2D eigenvalue weighted by Gasteiger charge is -2.10. The average molecular weight is 553 g/mol. The molecule has 12 heteroatoms. The lowest BCUT2D eigenvalue weighted by Crippen LogP contribution is -2.21. The first-order chi connectivity index (χ1) is 14.8. The molecule has 0 saturated carbocycles. The van der Waals surface area contributed by atoms with Gasteiger partial charge in [-0.15, -0.1) is 0 Å². The second-order valence-corrected chi connectivity index (χ2v) is 7.66. The zero-order chi connectivity index (χ0) is 22.5. The van der Waals surface area contributed by atoms with Crippen molar-refractivity contribution in [1.29, 1.82) is 5.26 Å². The molecule has 0 unspecified atom stereocenters. The number of amides is 1. The number of fused-ring (bicyclic) bond motifs is 1. The summed E-state index contributed by atoms with van der Waals surface area (Å²) >= 11 is 6.28. The Morgan fingerprint density at radius 2 is 1.90 bits per heavy atom. The number of nitrogens with zero attached hydrogens (tertiary/aromatic N) is 2. The van der Waals surface area contributed by atoms with Gasteiger partial charge in [-0.05, 0) is 55.6 Å². The molecule has 1 amide bonds. The molecule has 0 spiro atoms. The van der Waals surface area contributed by atoms with Crippen LogP contribution in [0.15, 0.2) is 44.9 Å². The van der Waals surface area contributed by atoms with Gasteiger partial charge in [-0.3, -0.25) is 14.9 Å². The van der Waals surface area contributed by atoms with E-state index in [1.165, 1.54) is 18.2 Å². The molecule has 0 fully saturated rings. The van der Waals surface area contributed by atoms with Crippen LogP contribution in [0.1, 0.15) is 5.56 Å². The smallest absolute Gasteiger partial charge is 0.349 e. The van der Waals surface area contributed by atoms with E-state index in [4.69, 9.17) is 14.2 Å². The summed E-state index contributed by atoms with van der Waals surface area (Å²) in [4.78, 5) is 34.6. The first kappa shape index (κ1) is 22.3. The number of esters is 1. The number of nitro groups is 1. The molecule has 1 heterocycles. The molecule has 158 valence electrons. The van der Waals surface area contributed by atoms with Gasteiger partial charge in [0.1, 0.15) is 11.6 Å². The molecule has 0 aliphatic carbocycles. The fraction of sp³-hybridized carbons (Fsp3) is 0.105. The fourth-order valence-electron chi connectivity index (χ4n) is 2.48. The second-order valence-electron chi connectivity index (χ2n) is 5.95. The largest absolute Gasteiger partial charge is 0.454 e. The minimum absolute atomic E-state index is 0.0890. The number of ether oxygens (including phenoxy) is 3. The maximum atomic E-state index is 12.2. The number of nitrogens with one attached hydrogen (secondary N) is 1. The third-order valence-corrected chi connectivity index (χ3v) is 5.14. The van der Waals surface area contributed by atoms with Gasteiger partial charge < -0.3 is 19.5 Å². The van der Waals surface area contributed by atoms with Gasteiger partial charge in [0.05, 0.1) is 10.6 Å². The first-order valence-electron chi connectivity index (χ1n) is 8.40. The predicted octanol–water partition coefficient (Wildman–Crippen LogP) is 3.94. The van der Waals surface area contributed by atoms with Crippen LogP contribution in [0, 0.1) is 21.4 Å². The van der Waals surface area contributed by atoms with Crippen LogP contribution in [0.5, 0.6) is 11.5 Å². The highest BCUT2D eigenvalue weighted by atomic mass is 79.9. The summed E-state index contributed by atoms with van der Waals surface area (Å²) in [7, 11) is 0. The number of carbonyl (C=O) groups is 2. The lowest BCUT2D eigenvalue weighted by atomic mass is 10.1. The van der Waals surface area contributed by atoms with E-state index in [2.05, 4.69) is 37.2 Å². The molecule has 0 aromatic heterocycles. The highest BCUT2D eigenvalue weighted by molar-refractivity contribution is 9.11. The van der Waals surface area contributed by atoms with Gasteiger partial charge in [-0.1, -0.05) is 6.07 Å². The Morgan fingerprint density at radius 1 is 1.23 bits per heavy atom. The molecule has 0 radical (unpaired) electrons. The number of hydrogen-bond acceptors (Lipinski definition) is 8. The maximum absolute atomic E-state index is 12.2. The molecule has 2 aromatic carbocycles. The molecule has 1 aliphatic rings. The van der Waals surface area contributed by atoms with Crippen molar-refractivity contribution in [2.45, 2.75) is 0 Å². The summed E-state index contributed by atoms with van der Waals surface area (Å²) in [6.07, 6.45) is 1.30. The van der Waals surface area contributed by atoms with Gasteiger partial charge in [0.15, 0.2) is 18.1 Å². The Kier molecular flexibility index (Phi) is 6.88. The van der Waals surface area contributed by atoms with Crippen LogP contribution in [-0.4, -0.2) is 30.2 Å². The number of non-ortho nitro benzene ring substituents is 1. The molecule has 1 N–H and O–H groups in total. The van der Waals surface area contributed by atoms with Crippen LogP contribution < -0.4 is 14.8 Å². The van der Waals surface area contributed by atoms with Gasteiger partial charge >= 0.3 is 5.97 Å². The van der Waals surface area contributed by atoms with Crippen molar-refractivity contribution in [3.63, 3.8) is 0 Å². The highest BCUT2D eigenvalue weighted by Crippen LogP contribution is 2.35. The van der Waals surface area contributed by atoms with Crippen molar-refractivity contribution >= 4 is 61.2 Å². The Hall–Kier alpha value is -3.43. The van der Waals surface area contributed by atoms with Crippen LogP contribution >= 0.6 is 31.9 Å². The van der Waals surface area contributed by atoms with Gasteiger partial charge in [-0.2, -0.15) is 5.26 Å². The van der Waals surface area contributed by atoms with Crippen LogP contribution in [0.3, 0.4) is 0 Å². The normalized spacial score (nSPS) is 12.1. The quantitative estimate of drug-likeness (QED) is 0.187. The Bertz CT molecular complexity index is 1130. The summed E-state index contributed by atoms with van der Waals surface area (Å²) in [6.45, 7) is -0.583. The number of benzene rings is 2. The molecule has 3 rings (SSSR count). The van der Waals surface area contributed by atoms with Crippen molar-refractivity contribution in [1.82, 2.24) is 0 Å². The number of halogens is 2. The summed E-state index contributed by atoms with van der Waals surface area (Å²) < 4.78 is 15.9. The molecular formula is C19H11Br2N3O7. The van der Waals surface area contributed by atoms with E-state index in [-0.39, 0.29) is 32.7 Å². The van der Waals surface area contributed by atoms with Gasteiger partial charge in [-0.25, -0.2) is 4.79 Å². The van der Waals surface area contributed by atoms with Gasteiger partial charge in [0.25, 0.3) is 11.6 Å². The molecule has 0 saturated heterocycles. The molecule has 31 heavy (non-hydrogen) atoms. The van der Waals surface area contributed by atoms with E-state index in [0.717, 1.165) is 0 Å². The van der Waals surface area contributed by atoms with Crippen molar-refractivity contribution in [2.75, 3.05) is 18.7 Å². The van der Waals surface area contributed by atoms with Crippen molar-refractivity contribution in [3.8, 4) is 17.6 Å². The van der Waals surface area contributed by atoms with Crippen molar-refractivity contribution < 1.29 is 28.7 Å². The van der Waals surface area contributed by atoms with Crippen LogP contribution in [0.2, 0.25) is 0 Å². The standard InChI is InChI=1S/C19H11Br2N3O7/c20-13-5-12(24(27)28)6-14(21)18(13)23-17(25)8-29-19(26)11(7-22)3-10-1-2-15-16(4-10)31-9-30-15/h1-6H,8-9H2,(H,23,25)/b11-3-. The molecule has 0 bridgehead atoms. The van der Waals surface area contributed by atoms with E-state index in [0.29, 0.717) is 17.1 Å². The Labute approximate surface area is 191 Å². The lowest BCUT2D eigenvalue weighted by molar-refractivity contribution is -0.385. The fourth-order valence-corrected chi connectivity index (χ4v) is 3.84. The average Bonchev–Trinajstić information content (AvgIpc) is 3.20. The van der Waals surface area contributed by atoms with Crippen molar-refractivity contribution in [2.24, 2.45) is 0 Å². The zero-order valence-electron chi connectivity index (χ0n) is 15.4. The third kappa shape index (κ3) is 5.39. The molecule has 10 nitrogen and oxygen atoms in total. The number of anilines is 1. The SMILES string of the molecule is N#C/C(=C/c1ccc2c(c1)OCO2)C(=O)OCC(=O)Nc1c(Br)cc([N+](=O)[O-])cc1Br. The second kappa shape index (κ2) is 9.59. The molecular weight excluding hydrogens is 542 g/mol. The predicted molar refractivity (Wildman–Crippen MR) is 114 cm³/mol. The minimum Gasteiger partial charge on any atom is -0.454 e. The van der Waals surface area contributed by atoms with E-state index in [1.807, 2.05) is 0 Å². The first-order valence-corrected chi connectivity index (χ1v) is 9.99. The van der Waals surface area contributed by atoms with E-state index in [9.17, 15) is 25.0 Å². The molecule has 2 aromatic rings. The third-order valence-electron chi connectivity index (χ3n) is 3.88. The zero-order valence-corrected chi connectivity index (χ0v) is 18.6. The van der Waals surface area contributed by atoms with E-state index < -0.39 is 23.4 Å². The topological polar surface area (TPSA) is 141 Å². The number of carbonyl (C=O) groups excluding carboxylic acids is 2. The van der Waals surface area contributed by atoms with Crippen molar-refractivity contribution in [3.05, 3.63) is 60.5 Å². The van der Waals surface area contributed by atoms with Gasteiger partial charge in [0, 0.05) is 21.1 Å². The summed E-state index contributed by atoms with van der Waals surface area (Å²) in [5.41, 5.74) is 0.240.